The fourth-order valence-electron chi connectivity index (χ4n) is 1.20. The number of nitrogens with one attached hydrogen (secondary N) is 1. The van der Waals surface area contributed by atoms with Gasteiger partial charge in [0.2, 0.25) is 0 Å². The molecule has 6 nitrogen and oxygen atoms in total. The second kappa shape index (κ2) is 5.35. The van der Waals surface area contributed by atoms with Crippen LogP contribution in [-0.2, 0) is 11.3 Å². The first-order valence-corrected chi connectivity index (χ1v) is 4.80. The van der Waals surface area contributed by atoms with E-state index in [-0.39, 0.29) is 12.2 Å². The van der Waals surface area contributed by atoms with E-state index < -0.39 is 22.8 Å². The highest BCUT2D eigenvalue weighted by atomic mass is 19.1. The minimum absolute atomic E-state index is 0.0477. The first-order chi connectivity index (χ1) is 7.90. The summed E-state index contributed by atoms with van der Waals surface area (Å²) in [5, 5.41) is 21.7. The lowest BCUT2D eigenvalue weighted by atomic mass is 10.2. The number of nitrogens with zero attached hydrogens (tertiary/aromatic N) is 1. The fourth-order valence-corrected chi connectivity index (χ4v) is 1.20. The molecule has 0 aliphatic carbocycles. The van der Waals surface area contributed by atoms with Crippen LogP contribution in [0.1, 0.15) is 12.5 Å². The molecule has 1 aromatic carbocycles. The smallest absolute Gasteiger partial charge is 0.320 e. The van der Waals surface area contributed by atoms with Crippen LogP contribution >= 0.6 is 0 Å². The molecule has 0 saturated heterocycles. The van der Waals surface area contributed by atoms with Crippen LogP contribution in [0.25, 0.3) is 0 Å². The Morgan fingerprint density at radius 3 is 2.76 bits per heavy atom. The van der Waals surface area contributed by atoms with E-state index in [1.807, 2.05) is 0 Å². The highest BCUT2D eigenvalue weighted by Gasteiger charge is 2.12. The van der Waals surface area contributed by atoms with Crippen molar-refractivity contribution in [3.63, 3.8) is 0 Å². The molecule has 1 rings (SSSR count). The van der Waals surface area contributed by atoms with E-state index in [4.69, 9.17) is 5.11 Å². The lowest BCUT2D eigenvalue weighted by molar-refractivity contribution is -0.385. The van der Waals surface area contributed by atoms with Crippen molar-refractivity contribution in [3.8, 4) is 0 Å². The number of hydrogen-bond acceptors (Lipinski definition) is 4. The summed E-state index contributed by atoms with van der Waals surface area (Å²) in [4.78, 5) is 20.3. The van der Waals surface area contributed by atoms with Gasteiger partial charge in [0.05, 0.1) is 11.0 Å². The van der Waals surface area contributed by atoms with Gasteiger partial charge in [-0.15, -0.1) is 0 Å². The molecule has 92 valence electrons. The summed E-state index contributed by atoms with van der Waals surface area (Å²) in [7, 11) is 0. The molecule has 0 aliphatic heterocycles. The van der Waals surface area contributed by atoms with Gasteiger partial charge in [-0.05, 0) is 18.6 Å². The molecule has 0 amide bonds. The predicted molar refractivity (Wildman–Crippen MR) is 57.0 cm³/mol. The molecule has 0 heterocycles. The predicted octanol–water partition coefficient (Wildman–Crippen LogP) is 1.30. The van der Waals surface area contributed by atoms with Gasteiger partial charge in [-0.3, -0.25) is 14.9 Å². The van der Waals surface area contributed by atoms with Gasteiger partial charge in [0.1, 0.15) is 11.9 Å². The number of benzene rings is 1. The van der Waals surface area contributed by atoms with Crippen molar-refractivity contribution >= 4 is 11.7 Å². The van der Waals surface area contributed by atoms with Gasteiger partial charge in [-0.1, -0.05) is 0 Å². The van der Waals surface area contributed by atoms with Crippen LogP contribution in [0.3, 0.4) is 0 Å². The van der Waals surface area contributed by atoms with Gasteiger partial charge in [0.15, 0.2) is 0 Å². The Bertz CT molecular complexity index is 450. The minimum atomic E-state index is -1.05. The molecule has 0 spiro atoms. The van der Waals surface area contributed by atoms with Crippen molar-refractivity contribution in [2.24, 2.45) is 0 Å². The van der Waals surface area contributed by atoms with E-state index in [1.54, 1.807) is 0 Å². The molecule has 0 aromatic heterocycles. The maximum Gasteiger partial charge on any atom is 0.320 e. The molecule has 7 heteroatoms. The summed E-state index contributed by atoms with van der Waals surface area (Å²) in [5.41, 5.74) is -0.0328. The van der Waals surface area contributed by atoms with E-state index in [9.17, 15) is 19.3 Å². The van der Waals surface area contributed by atoms with Gasteiger partial charge in [0, 0.05) is 12.6 Å². The second-order valence-electron chi connectivity index (χ2n) is 3.52. The lowest BCUT2D eigenvalue weighted by Crippen LogP contribution is -2.33. The normalized spacial score (nSPS) is 12.1. The Morgan fingerprint density at radius 2 is 2.24 bits per heavy atom. The Labute approximate surface area is 96.2 Å². The Hall–Kier alpha value is -2.02. The molecule has 17 heavy (non-hydrogen) atoms. The summed E-state index contributed by atoms with van der Waals surface area (Å²) in [6.07, 6.45) is 0. The number of carboxylic acids is 1. The highest BCUT2D eigenvalue weighted by Crippen LogP contribution is 2.16. The van der Waals surface area contributed by atoms with Gasteiger partial charge < -0.3 is 10.4 Å². The first kappa shape index (κ1) is 13.0. The second-order valence-corrected chi connectivity index (χ2v) is 3.52. The van der Waals surface area contributed by atoms with Crippen LogP contribution < -0.4 is 5.32 Å². The zero-order valence-corrected chi connectivity index (χ0v) is 9.01. The van der Waals surface area contributed by atoms with E-state index >= 15 is 0 Å². The number of nitro benzene ring substituents is 1. The molecule has 1 aromatic rings. The molecule has 0 saturated carbocycles. The van der Waals surface area contributed by atoms with Crippen LogP contribution in [0.15, 0.2) is 18.2 Å². The maximum absolute atomic E-state index is 13.0. The van der Waals surface area contributed by atoms with E-state index in [1.165, 1.54) is 13.0 Å². The molecular formula is C10H11FN2O4. The van der Waals surface area contributed by atoms with Crippen molar-refractivity contribution < 1.29 is 19.2 Å². The van der Waals surface area contributed by atoms with Gasteiger partial charge >= 0.3 is 5.97 Å². The average molecular weight is 242 g/mol. The zero-order valence-electron chi connectivity index (χ0n) is 9.01. The number of aliphatic carboxylic acids is 1. The third-order valence-electron chi connectivity index (χ3n) is 2.14. The largest absolute Gasteiger partial charge is 0.480 e. The van der Waals surface area contributed by atoms with Crippen LogP contribution in [0.4, 0.5) is 10.1 Å². The standard InChI is InChI=1S/C10H11FN2O4/c1-6(10(14)15)12-5-7-2-8(11)4-9(3-7)13(16)17/h2-4,6,12H,5H2,1H3,(H,14,15)/t6-/m1/s1. The number of carboxylic acid groups (broad SMARTS) is 1. The fraction of sp³-hybridized carbons (Fsp3) is 0.300. The Morgan fingerprint density at radius 1 is 1.59 bits per heavy atom. The topological polar surface area (TPSA) is 92.5 Å². The SMILES string of the molecule is C[C@@H](NCc1cc(F)cc([N+](=O)[O-])c1)C(=O)O. The van der Waals surface area contributed by atoms with Crippen molar-refractivity contribution in [3.05, 3.63) is 39.7 Å². The van der Waals surface area contributed by atoms with Crippen molar-refractivity contribution in [2.45, 2.75) is 19.5 Å². The summed E-state index contributed by atoms with van der Waals surface area (Å²) < 4.78 is 13.0. The monoisotopic (exact) mass is 242 g/mol. The van der Waals surface area contributed by atoms with Crippen molar-refractivity contribution in [1.82, 2.24) is 5.32 Å². The summed E-state index contributed by atoms with van der Waals surface area (Å²) in [5.74, 6) is -1.77. The van der Waals surface area contributed by atoms with Crippen LogP contribution in [0.5, 0.6) is 0 Å². The molecule has 0 radical (unpaired) electrons. The number of nitro groups is 1. The molecular weight excluding hydrogens is 231 g/mol. The van der Waals surface area contributed by atoms with Crippen LogP contribution in [0, 0.1) is 15.9 Å². The van der Waals surface area contributed by atoms with Gasteiger partial charge in [-0.25, -0.2) is 4.39 Å². The Balaban J connectivity index is 2.78. The Kier molecular flexibility index (Phi) is 4.11. The van der Waals surface area contributed by atoms with Gasteiger partial charge in [0.25, 0.3) is 5.69 Å². The van der Waals surface area contributed by atoms with E-state index in [2.05, 4.69) is 5.32 Å². The molecule has 0 fully saturated rings. The number of non-ortho nitro benzene ring substituents is 1. The van der Waals surface area contributed by atoms with Crippen LogP contribution in [0.2, 0.25) is 0 Å². The van der Waals surface area contributed by atoms with Crippen molar-refractivity contribution in [2.75, 3.05) is 0 Å². The number of halogens is 1. The molecule has 0 bridgehead atoms. The lowest BCUT2D eigenvalue weighted by Gasteiger charge is -2.08. The molecule has 1 atom stereocenters. The van der Waals surface area contributed by atoms with E-state index in [0.717, 1.165) is 12.1 Å². The molecule has 0 unspecified atom stereocenters. The third kappa shape index (κ3) is 3.80. The van der Waals surface area contributed by atoms with E-state index in [0.29, 0.717) is 5.56 Å². The van der Waals surface area contributed by atoms with Crippen molar-refractivity contribution in [1.29, 1.82) is 0 Å². The third-order valence-corrected chi connectivity index (χ3v) is 2.14. The quantitative estimate of drug-likeness (QED) is 0.599. The first-order valence-electron chi connectivity index (χ1n) is 4.80. The molecule has 2 N–H and O–H groups in total. The minimum Gasteiger partial charge on any atom is -0.480 e. The number of rotatable bonds is 5. The molecule has 0 aliphatic rings. The summed E-state index contributed by atoms with van der Waals surface area (Å²) in [6, 6.07) is 2.32. The number of hydrogen-bond donors (Lipinski definition) is 2. The summed E-state index contributed by atoms with van der Waals surface area (Å²) in [6.45, 7) is 1.47. The van der Waals surface area contributed by atoms with Crippen LogP contribution in [-0.4, -0.2) is 22.0 Å². The summed E-state index contributed by atoms with van der Waals surface area (Å²) >= 11 is 0. The number of carbonyl (C=O) groups is 1. The highest BCUT2D eigenvalue weighted by molar-refractivity contribution is 5.72. The maximum atomic E-state index is 13.0. The average Bonchev–Trinajstić information content (AvgIpc) is 2.24. The van der Waals surface area contributed by atoms with Gasteiger partial charge in [-0.2, -0.15) is 0 Å². The zero-order chi connectivity index (χ0) is 13.0.